The molecular formula is C17H27NO7. The fourth-order valence-electron chi connectivity index (χ4n) is 3.94. The number of methoxy groups -OCH3 is 2. The molecule has 8 nitrogen and oxygen atoms in total. The van der Waals surface area contributed by atoms with Gasteiger partial charge in [-0.2, -0.15) is 5.06 Å². The van der Waals surface area contributed by atoms with E-state index < -0.39 is 12.0 Å². The average Bonchev–Trinajstić information content (AvgIpc) is 3.19. The normalized spacial score (nSPS) is 35.4. The van der Waals surface area contributed by atoms with Crippen molar-refractivity contribution in [3.05, 3.63) is 0 Å². The van der Waals surface area contributed by atoms with E-state index in [1.54, 1.807) is 0 Å². The third kappa shape index (κ3) is 4.13. The summed E-state index contributed by atoms with van der Waals surface area (Å²) in [5.74, 6) is -1.13. The molecule has 0 radical (unpaired) electrons. The minimum absolute atomic E-state index is 0.143. The molecule has 142 valence electrons. The van der Waals surface area contributed by atoms with Crippen molar-refractivity contribution in [1.29, 1.82) is 0 Å². The molecular weight excluding hydrogens is 330 g/mol. The maximum Gasteiger partial charge on any atom is 0.313 e. The van der Waals surface area contributed by atoms with E-state index in [4.69, 9.17) is 19.0 Å². The van der Waals surface area contributed by atoms with Gasteiger partial charge in [0.05, 0.1) is 32.5 Å². The fourth-order valence-corrected chi connectivity index (χ4v) is 3.94. The van der Waals surface area contributed by atoms with Crippen molar-refractivity contribution in [3.8, 4) is 0 Å². The number of nitrogens with zero attached hydrogens (tertiary/aromatic N) is 1. The lowest BCUT2D eigenvalue weighted by Crippen LogP contribution is -2.43. The Morgan fingerprint density at radius 3 is 2.68 bits per heavy atom. The van der Waals surface area contributed by atoms with Gasteiger partial charge in [-0.1, -0.05) is 0 Å². The first-order chi connectivity index (χ1) is 12.1. The van der Waals surface area contributed by atoms with Gasteiger partial charge in [-0.25, -0.2) is 0 Å². The number of carbonyl (C=O) groups is 2. The zero-order valence-electron chi connectivity index (χ0n) is 14.8. The first-order valence-corrected chi connectivity index (χ1v) is 8.99. The van der Waals surface area contributed by atoms with Crippen LogP contribution in [0.25, 0.3) is 0 Å². The summed E-state index contributed by atoms with van der Waals surface area (Å²) in [6.07, 6.45) is 3.64. The second-order valence-electron chi connectivity index (χ2n) is 6.70. The Morgan fingerprint density at radius 1 is 1.16 bits per heavy atom. The van der Waals surface area contributed by atoms with Crippen LogP contribution in [-0.4, -0.2) is 68.9 Å². The monoisotopic (exact) mass is 357 g/mol. The predicted octanol–water partition coefficient (Wildman–Crippen LogP) is 1.03. The smallest absolute Gasteiger partial charge is 0.313 e. The molecule has 3 heterocycles. The highest BCUT2D eigenvalue weighted by atomic mass is 16.7. The van der Waals surface area contributed by atoms with Gasteiger partial charge in [0.15, 0.2) is 6.29 Å². The van der Waals surface area contributed by atoms with Crippen LogP contribution in [0.2, 0.25) is 0 Å². The van der Waals surface area contributed by atoms with Crippen molar-refractivity contribution < 1.29 is 33.4 Å². The Balaban J connectivity index is 1.67. The van der Waals surface area contributed by atoms with E-state index in [2.05, 4.69) is 4.74 Å². The summed E-state index contributed by atoms with van der Waals surface area (Å²) in [6.45, 7) is 1.40. The molecule has 1 unspecified atom stereocenters. The van der Waals surface area contributed by atoms with Gasteiger partial charge in [-0.15, -0.1) is 0 Å². The highest BCUT2D eigenvalue weighted by Gasteiger charge is 2.55. The molecule has 0 spiro atoms. The largest absolute Gasteiger partial charge is 0.469 e. The number of hydroxylamine groups is 2. The number of hydrogen-bond donors (Lipinski definition) is 0. The predicted molar refractivity (Wildman–Crippen MR) is 85.2 cm³/mol. The van der Waals surface area contributed by atoms with E-state index in [-0.39, 0.29) is 36.8 Å². The molecule has 3 aliphatic heterocycles. The van der Waals surface area contributed by atoms with Crippen LogP contribution in [-0.2, 0) is 33.4 Å². The lowest BCUT2D eigenvalue weighted by atomic mass is 9.89. The molecule has 0 bridgehead atoms. The lowest BCUT2D eigenvalue weighted by molar-refractivity contribution is -0.202. The van der Waals surface area contributed by atoms with Crippen LogP contribution in [0, 0.1) is 5.92 Å². The van der Waals surface area contributed by atoms with Crippen LogP contribution < -0.4 is 0 Å². The number of carbonyl (C=O) groups excluding carboxylic acids is 2. The summed E-state index contributed by atoms with van der Waals surface area (Å²) in [6, 6.07) is -0.208. The molecule has 3 aliphatic rings. The molecule has 0 aromatic carbocycles. The molecule has 0 aromatic rings. The number of esters is 2. The molecule has 5 atom stereocenters. The van der Waals surface area contributed by atoms with E-state index in [1.165, 1.54) is 14.2 Å². The molecule has 3 rings (SSSR count). The molecule has 25 heavy (non-hydrogen) atoms. The van der Waals surface area contributed by atoms with Crippen molar-refractivity contribution in [1.82, 2.24) is 5.06 Å². The summed E-state index contributed by atoms with van der Waals surface area (Å²) < 4.78 is 21.5. The highest BCUT2D eigenvalue weighted by Crippen LogP contribution is 2.40. The van der Waals surface area contributed by atoms with Crippen molar-refractivity contribution in [3.63, 3.8) is 0 Å². The van der Waals surface area contributed by atoms with E-state index in [9.17, 15) is 9.59 Å². The Kier molecular flexibility index (Phi) is 6.27. The zero-order chi connectivity index (χ0) is 17.8. The van der Waals surface area contributed by atoms with Crippen molar-refractivity contribution in [2.45, 2.75) is 63.1 Å². The van der Waals surface area contributed by atoms with Gasteiger partial charge in [0, 0.05) is 19.6 Å². The second-order valence-corrected chi connectivity index (χ2v) is 6.70. The van der Waals surface area contributed by atoms with E-state index in [0.717, 1.165) is 25.7 Å². The molecule has 0 saturated carbocycles. The Hall–Kier alpha value is -1.22. The Labute approximate surface area is 147 Å². The van der Waals surface area contributed by atoms with Gasteiger partial charge >= 0.3 is 11.9 Å². The molecule has 3 saturated heterocycles. The minimum atomic E-state index is -0.481. The number of fused-ring (bicyclic) bond motifs is 1. The third-order valence-corrected chi connectivity index (χ3v) is 5.19. The topological polar surface area (TPSA) is 83.5 Å². The van der Waals surface area contributed by atoms with Crippen molar-refractivity contribution in [2.75, 3.05) is 27.4 Å². The summed E-state index contributed by atoms with van der Waals surface area (Å²) >= 11 is 0. The standard InChI is InChI=1S/C17H27NO7/c1-21-13(19)7-6-11-15(17(20)22-2)16-12(8-9-18(16)25-11)24-14-5-3-4-10-23-14/h11-12,14-16H,3-10H2,1-2H3/t11-,12-,14?,15-,16-/m0/s1. The van der Waals surface area contributed by atoms with Crippen LogP contribution in [0.4, 0.5) is 0 Å². The molecule has 3 fully saturated rings. The van der Waals surface area contributed by atoms with Crippen LogP contribution in [0.5, 0.6) is 0 Å². The van der Waals surface area contributed by atoms with E-state index in [0.29, 0.717) is 19.6 Å². The highest BCUT2D eigenvalue weighted by molar-refractivity contribution is 5.75. The first kappa shape index (κ1) is 18.6. The minimum Gasteiger partial charge on any atom is -0.469 e. The van der Waals surface area contributed by atoms with Gasteiger partial charge in [0.1, 0.15) is 5.92 Å². The molecule has 0 N–H and O–H groups in total. The van der Waals surface area contributed by atoms with Gasteiger partial charge in [0.25, 0.3) is 0 Å². The quantitative estimate of drug-likeness (QED) is 0.652. The molecule has 8 heteroatoms. The summed E-state index contributed by atoms with van der Waals surface area (Å²) in [5, 5.41) is 1.82. The Bertz CT molecular complexity index is 480. The molecule has 0 aliphatic carbocycles. The average molecular weight is 357 g/mol. The first-order valence-electron chi connectivity index (χ1n) is 8.99. The van der Waals surface area contributed by atoms with Crippen LogP contribution in [0.15, 0.2) is 0 Å². The summed E-state index contributed by atoms with van der Waals surface area (Å²) in [5.41, 5.74) is 0. The van der Waals surface area contributed by atoms with Gasteiger partial charge < -0.3 is 18.9 Å². The van der Waals surface area contributed by atoms with Gasteiger partial charge in [0.2, 0.25) is 0 Å². The fraction of sp³-hybridized carbons (Fsp3) is 0.882. The van der Waals surface area contributed by atoms with Gasteiger partial charge in [-0.3, -0.25) is 14.4 Å². The maximum atomic E-state index is 12.4. The van der Waals surface area contributed by atoms with Gasteiger partial charge in [-0.05, 0) is 32.1 Å². The maximum absolute atomic E-state index is 12.4. The number of ether oxygens (including phenoxy) is 4. The lowest BCUT2D eigenvalue weighted by Gasteiger charge is -2.30. The number of hydrogen-bond acceptors (Lipinski definition) is 8. The van der Waals surface area contributed by atoms with Crippen LogP contribution >= 0.6 is 0 Å². The van der Waals surface area contributed by atoms with E-state index in [1.807, 2.05) is 5.06 Å². The Morgan fingerprint density at radius 2 is 2.00 bits per heavy atom. The molecule has 0 amide bonds. The molecule has 0 aromatic heterocycles. The number of rotatable bonds is 6. The summed E-state index contributed by atoms with van der Waals surface area (Å²) in [7, 11) is 2.72. The van der Waals surface area contributed by atoms with Crippen LogP contribution in [0.3, 0.4) is 0 Å². The second kappa shape index (κ2) is 8.44. The van der Waals surface area contributed by atoms with Crippen molar-refractivity contribution in [2.24, 2.45) is 5.92 Å². The SMILES string of the molecule is COC(=O)CC[C@@H]1ON2CC[C@H](OC3CCCCO3)[C@H]2[C@H]1C(=O)OC. The van der Waals surface area contributed by atoms with Crippen molar-refractivity contribution >= 4 is 11.9 Å². The third-order valence-electron chi connectivity index (χ3n) is 5.19. The van der Waals surface area contributed by atoms with Crippen LogP contribution in [0.1, 0.15) is 38.5 Å². The summed E-state index contributed by atoms with van der Waals surface area (Å²) in [4.78, 5) is 29.8. The van der Waals surface area contributed by atoms with E-state index >= 15 is 0 Å². The zero-order valence-corrected chi connectivity index (χ0v) is 14.8.